The van der Waals surface area contributed by atoms with Gasteiger partial charge < -0.3 is 9.16 Å². The second-order valence-electron chi connectivity index (χ2n) is 8.60. The fraction of sp³-hybridized carbons (Fsp3) is 0.875. The van der Waals surface area contributed by atoms with Crippen LogP contribution >= 0.6 is 0 Å². The molecule has 5 nitrogen and oxygen atoms in total. The van der Waals surface area contributed by atoms with Crippen LogP contribution in [-0.4, -0.2) is 49.9 Å². The lowest BCUT2D eigenvalue weighted by Gasteiger charge is -2.42. The van der Waals surface area contributed by atoms with E-state index in [1.807, 2.05) is 20.8 Å². The van der Waals surface area contributed by atoms with E-state index in [2.05, 4.69) is 33.9 Å². The van der Waals surface area contributed by atoms with E-state index in [0.717, 1.165) is 0 Å². The molecule has 0 spiro atoms. The molecule has 1 amide bonds. The van der Waals surface area contributed by atoms with Crippen LogP contribution < -0.4 is 0 Å². The van der Waals surface area contributed by atoms with Crippen molar-refractivity contribution in [3.05, 3.63) is 0 Å². The normalized spacial score (nSPS) is 21.0. The summed E-state index contributed by atoms with van der Waals surface area (Å²) in [6.45, 7) is 16.8. The summed E-state index contributed by atoms with van der Waals surface area (Å²) in [5.41, 5.74) is -0.562. The predicted molar refractivity (Wildman–Crippen MR) is 89.5 cm³/mol. The number of hydrogen-bond acceptors (Lipinski definition) is 4. The topological polar surface area (TPSA) is 55.8 Å². The van der Waals surface area contributed by atoms with Crippen LogP contribution in [0.2, 0.25) is 18.1 Å². The highest BCUT2D eigenvalue weighted by molar-refractivity contribution is 6.74. The highest BCUT2D eigenvalue weighted by Gasteiger charge is 2.41. The largest absolute Gasteiger partial charge is 0.444 e. The lowest BCUT2D eigenvalue weighted by Crippen LogP contribution is -2.53. The molecule has 0 bridgehead atoms. The van der Waals surface area contributed by atoms with Gasteiger partial charge in [-0.25, -0.2) is 4.79 Å². The van der Waals surface area contributed by atoms with Crippen molar-refractivity contribution in [2.45, 2.75) is 77.8 Å². The van der Waals surface area contributed by atoms with E-state index in [-0.39, 0.29) is 23.5 Å². The molecule has 128 valence electrons. The fourth-order valence-corrected chi connectivity index (χ4v) is 3.39. The summed E-state index contributed by atoms with van der Waals surface area (Å²) in [6.07, 6.45) is -0.287. The molecule has 1 saturated heterocycles. The molecule has 1 atom stereocenters. The number of carbonyl (C=O) groups is 2. The number of ether oxygens (including phenoxy) is 1. The van der Waals surface area contributed by atoms with Crippen molar-refractivity contribution in [1.29, 1.82) is 0 Å². The van der Waals surface area contributed by atoms with Crippen LogP contribution in [0.4, 0.5) is 4.79 Å². The Labute approximate surface area is 135 Å². The average Bonchev–Trinajstić information content (AvgIpc) is 2.23. The molecule has 0 radical (unpaired) electrons. The zero-order valence-electron chi connectivity index (χ0n) is 15.3. The van der Waals surface area contributed by atoms with Gasteiger partial charge >= 0.3 is 6.09 Å². The SMILES string of the molecule is CC(C)(C)OC(=O)N1CC(=O)CC(O[Si](C)(C)C(C)(C)C)C1. The Morgan fingerprint density at radius 1 is 1.18 bits per heavy atom. The van der Waals surface area contributed by atoms with Crippen molar-refractivity contribution in [2.24, 2.45) is 0 Å². The summed E-state index contributed by atoms with van der Waals surface area (Å²) in [5.74, 6) is 0.0285. The molecular formula is C16H31NO4Si. The summed E-state index contributed by atoms with van der Waals surface area (Å²) in [5, 5.41) is 0.0737. The van der Waals surface area contributed by atoms with E-state index in [4.69, 9.17) is 9.16 Å². The molecule has 22 heavy (non-hydrogen) atoms. The third-order valence-corrected chi connectivity index (χ3v) is 8.70. The van der Waals surface area contributed by atoms with Crippen LogP contribution in [0.15, 0.2) is 0 Å². The maximum atomic E-state index is 12.2. The number of Topliss-reactive ketones (excluding diaryl/α,β-unsaturated/α-hetero) is 1. The van der Waals surface area contributed by atoms with Crippen molar-refractivity contribution in [2.75, 3.05) is 13.1 Å². The zero-order chi connectivity index (χ0) is 17.3. The van der Waals surface area contributed by atoms with Crippen molar-refractivity contribution in [1.82, 2.24) is 4.90 Å². The molecule has 0 aromatic heterocycles. The molecule has 0 aliphatic carbocycles. The minimum absolute atomic E-state index is 0.0285. The van der Waals surface area contributed by atoms with Gasteiger partial charge in [-0.1, -0.05) is 20.8 Å². The first-order valence-corrected chi connectivity index (χ1v) is 10.8. The number of amides is 1. The van der Waals surface area contributed by atoms with Crippen molar-refractivity contribution in [3.63, 3.8) is 0 Å². The Bertz CT molecular complexity index is 434. The number of nitrogens with zero attached hydrogens (tertiary/aromatic N) is 1. The van der Waals surface area contributed by atoms with Gasteiger partial charge in [0.15, 0.2) is 14.1 Å². The minimum atomic E-state index is -1.96. The monoisotopic (exact) mass is 329 g/mol. The smallest absolute Gasteiger partial charge is 0.410 e. The molecule has 1 fully saturated rings. The van der Waals surface area contributed by atoms with Crippen LogP contribution in [0.3, 0.4) is 0 Å². The number of ketones is 1. The van der Waals surface area contributed by atoms with Gasteiger partial charge in [-0.3, -0.25) is 9.69 Å². The molecule has 0 aromatic carbocycles. The third kappa shape index (κ3) is 5.39. The molecule has 1 rings (SSSR count). The van der Waals surface area contributed by atoms with E-state index < -0.39 is 20.0 Å². The lowest BCUT2D eigenvalue weighted by atomic mass is 10.1. The summed E-state index contributed by atoms with van der Waals surface area (Å²) in [4.78, 5) is 25.6. The summed E-state index contributed by atoms with van der Waals surface area (Å²) >= 11 is 0. The number of piperidine rings is 1. The Morgan fingerprint density at radius 2 is 1.73 bits per heavy atom. The van der Waals surface area contributed by atoms with Gasteiger partial charge in [-0.05, 0) is 38.9 Å². The van der Waals surface area contributed by atoms with E-state index in [0.29, 0.717) is 13.0 Å². The van der Waals surface area contributed by atoms with Gasteiger partial charge in [0.25, 0.3) is 0 Å². The van der Waals surface area contributed by atoms with Crippen LogP contribution in [0, 0.1) is 0 Å². The first kappa shape index (κ1) is 19.2. The van der Waals surface area contributed by atoms with Gasteiger partial charge in [0, 0.05) is 13.0 Å². The minimum Gasteiger partial charge on any atom is -0.444 e. The molecule has 0 N–H and O–H groups in total. The summed E-state index contributed by atoms with van der Waals surface area (Å²) in [7, 11) is -1.96. The molecule has 1 aliphatic heterocycles. The molecule has 6 heteroatoms. The lowest BCUT2D eigenvalue weighted by molar-refractivity contribution is -0.125. The van der Waals surface area contributed by atoms with Crippen LogP contribution in [0.25, 0.3) is 0 Å². The third-order valence-electron chi connectivity index (χ3n) is 4.17. The van der Waals surface area contributed by atoms with Crippen molar-refractivity contribution in [3.8, 4) is 0 Å². The zero-order valence-corrected chi connectivity index (χ0v) is 16.3. The second kappa shape index (κ2) is 6.32. The number of rotatable bonds is 2. The summed E-state index contributed by atoms with van der Waals surface area (Å²) in [6, 6.07) is 0. The second-order valence-corrected chi connectivity index (χ2v) is 13.4. The maximum Gasteiger partial charge on any atom is 0.410 e. The highest BCUT2D eigenvalue weighted by Crippen LogP contribution is 2.38. The van der Waals surface area contributed by atoms with Crippen molar-refractivity contribution >= 4 is 20.2 Å². The molecule has 0 saturated carbocycles. The first-order chi connectivity index (χ1) is 9.71. The molecule has 1 heterocycles. The standard InChI is InChI=1S/C16H31NO4Si/c1-15(2,3)20-14(19)17-10-12(18)9-13(11-17)21-22(7,8)16(4,5)6/h13H,9-11H2,1-8H3. The van der Waals surface area contributed by atoms with E-state index in [9.17, 15) is 9.59 Å². The average molecular weight is 330 g/mol. The van der Waals surface area contributed by atoms with E-state index in [1.54, 1.807) is 0 Å². The van der Waals surface area contributed by atoms with Gasteiger partial charge in [-0.15, -0.1) is 0 Å². The van der Waals surface area contributed by atoms with Crippen LogP contribution in [0.1, 0.15) is 48.0 Å². The predicted octanol–water partition coefficient (Wildman–Crippen LogP) is 3.59. The first-order valence-electron chi connectivity index (χ1n) is 7.89. The maximum absolute atomic E-state index is 12.2. The number of hydrogen-bond donors (Lipinski definition) is 0. The van der Waals surface area contributed by atoms with E-state index >= 15 is 0 Å². The quantitative estimate of drug-likeness (QED) is 0.727. The number of carbonyl (C=O) groups excluding carboxylic acids is 2. The molecular weight excluding hydrogens is 298 g/mol. The van der Waals surface area contributed by atoms with Crippen LogP contribution in [0.5, 0.6) is 0 Å². The van der Waals surface area contributed by atoms with Gasteiger partial charge in [0.1, 0.15) is 5.60 Å². The van der Waals surface area contributed by atoms with Gasteiger partial charge in [-0.2, -0.15) is 0 Å². The Morgan fingerprint density at radius 3 is 2.18 bits per heavy atom. The molecule has 1 aliphatic rings. The van der Waals surface area contributed by atoms with Gasteiger partial charge in [0.05, 0.1) is 12.6 Å². The Hall–Kier alpha value is -0.883. The van der Waals surface area contributed by atoms with Gasteiger partial charge in [0.2, 0.25) is 0 Å². The summed E-state index contributed by atoms with van der Waals surface area (Å²) < 4.78 is 11.7. The van der Waals surface area contributed by atoms with E-state index in [1.165, 1.54) is 4.90 Å². The highest BCUT2D eigenvalue weighted by atomic mass is 28.4. The van der Waals surface area contributed by atoms with Crippen LogP contribution in [-0.2, 0) is 14.0 Å². The number of likely N-dealkylation sites (tertiary alicyclic amines) is 1. The fourth-order valence-electron chi connectivity index (χ4n) is 2.04. The molecule has 1 unspecified atom stereocenters. The van der Waals surface area contributed by atoms with Crippen molar-refractivity contribution < 1.29 is 18.8 Å². The molecule has 0 aromatic rings. The Kier molecular flexibility index (Phi) is 5.50. The Balaban J connectivity index is 2.76.